The van der Waals surface area contributed by atoms with Crippen LogP contribution in [0.25, 0.3) is 0 Å². The van der Waals surface area contributed by atoms with Crippen molar-refractivity contribution in [3.63, 3.8) is 0 Å². The Hall–Kier alpha value is -1.26. The summed E-state index contributed by atoms with van der Waals surface area (Å²) < 4.78 is 0. The van der Waals surface area contributed by atoms with Crippen molar-refractivity contribution in [3.05, 3.63) is 0 Å². The van der Waals surface area contributed by atoms with Gasteiger partial charge in [0.15, 0.2) is 0 Å². The monoisotopic (exact) mass is 254 g/mol. The van der Waals surface area contributed by atoms with E-state index < -0.39 is 5.97 Å². The molecule has 2 saturated carbocycles. The minimum atomic E-state index is -0.751. The van der Waals surface area contributed by atoms with Gasteiger partial charge in [-0.05, 0) is 37.0 Å². The topological polar surface area (TPSA) is 78.4 Å². The highest BCUT2D eigenvalue weighted by molar-refractivity contribution is 5.75. The van der Waals surface area contributed by atoms with E-state index in [9.17, 15) is 9.59 Å². The molecule has 0 spiro atoms. The van der Waals surface area contributed by atoms with Crippen molar-refractivity contribution in [1.82, 2.24) is 10.6 Å². The van der Waals surface area contributed by atoms with Crippen molar-refractivity contribution in [2.75, 3.05) is 6.54 Å². The third kappa shape index (κ3) is 3.15. The van der Waals surface area contributed by atoms with Gasteiger partial charge in [0.1, 0.15) is 0 Å². The molecule has 2 aliphatic rings. The second-order valence-corrected chi connectivity index (χ2v) is 6.29. The van der Waals surface area contributed by atoms with Gasteiger partial charge in [-0.2, -0.15) is 0 Å². The molecule has 3 N–H and O–H groups in total. The molecule has 1 unspecified atom stereocenters. The Morgan fingerprint density at radius 1 is 1.33 bits per heavy atom. The zero-order chi connectivity index (χ0) is 13.3. The Labute approximate surface area is 107 Å². The lowest BCUT2D eigenvalue weighted by Gasteiger charge is -2.13. The first-order valence-electron chi connectivity index (χ1n) is 6.65. The average Bonchev–Trinajstić information content (AvgIpc) is 2.71. The Morgan fingerprint density at radius 3 is 2.50 bits per heavy atom. The van der Waals surface area contributed by atoms with Crippen molar-refractivity contribution >= 4 is 12.0 Å². The maximum atomic E-state index is 11.6. The molecule has 0 aromatic heterocycles. The summed E-state index contributed by atoms with van der Waals surface area (Å²) in [5, 5.41) is 14.6. The van der Waals surface area contributed by atoms with Crippen molar-refractivity contribution in [2.24, 2.45) is 17.3 Å². The van der Waals surface area contributed by atoms with Crippen LogP contribution in [0.4, 0.5) is 4.79 Å². The third-order valence-corrected chi connectivity index (χ3v) is 4.34. The Bertz CT molecular complexity index is 354. The van der Waals surface area contributed by atoms with Crippen LogP contribution in [-0.4, -0.2) is 29.7 Å². The van der Waals surface area contributed by atoms with Crippen LogP contribution >= 0.6 is 0 Å². The Kier molecular flexibility index (Phi) is 3.50. The van der Waals surface area contributed by atoms with E-state index in [4.69, 9.17) is 5.11 Å². The normalized spacial score (nSPS) is 32.9. The van der Waals surface area contributed by atoms with Crippen LogP contribution in [0, 0.1) is 17.3 Å². The predicted molar refractivity (Wildman–Crippen MR) is 67.2 cm³/mol. The largest absolute Gasteiger partial charge is 0.481 e. The number of hydrogen-bond donors (Lipinski definition) is 3. The number of hydrogen-bond acceptors (Lipinski definition) is 2. The number of amides is 2. The van der Waals surface area contributed by atoms with Crippen LogP contribution in [0.1, 0.15) is 39.5 Å². The van der Waals surface area contributed by atoms with Gasteiger partial charge >= 0.3 is 12.0 Å². The van der Waals surface area contributed by atoms with Crippen molar-refractivity contribution in [1.29, 1.82) is 0 Å². The molecule has 0 aromatic carbocycles. The van der Waals surface area contributed by atoms with Gasteiger partial charge in [0, 0.05) is 12.6 Å². The molecular weight excluding hydrogens is 232 g/mol. The molecule has 5 nitrogen and oxygen atoms in total. The molecule has 18 heavy (non-hydrogen) atoms. The summed E-state index contributed by atoms with van der Waals surface area (Å²) in [4.78, 5) is 22.4. The van der Waals surface area contributed by atoms with E-state index in [1.54, 1.807) is 0 Å². The van der Waals surface area contributed by atoms with E-state index in [2.05, 4.69) is 24.5 Å². The molecule has 0 aromatic rings. The molecule has 2 aliphatic carbocycles. The van der Waals surface area contributed by atoms with Gasteiger partial charge in [-0.1, -0.05) is 13.8 Å². The molecule has 2 fully saturated rings. The smallest absolute Gasteiger partial charge is 0.315 e. The van der Waals surface area contributed by atoms with Gasteiger partial charge < -0.3 is 15.7 Å². The number of carboxylic acids is 1. The number of nitrogens with one attached hydrogen (secondary N) is 2. The fourth-order valence-electron chi connectivity index (χ4n) is 2.71. The van der Waals surface area contributed by atoms with Crippen molar-refractivity contribution in [2.45, 2.75) is 45.6 Å². The van der Waals surface area contributed by atoms with Crippen LogP contribution in [0.5, 0.6) is 0 Å². The SMILES string of the molecule is CC1(C)CC1CNC(=O)N[C@H]1CC[C@@H](C(=O)O)C1. The molecule has 5 heteroatoms. The van der Waals surface area contributed by atoms with Crippen LogP contribution in [0.15, 0.2) is 0 Å². The molecule has 0 aliphatic heterocycles. The molecule has 0 radical (unpaired) electrons. The van der Waals surface area contributed by atoms with Gasteiger partial charge in [0.25, 0.3) is 0 Å². The molecule has 102 valence electrons. The first kappa shape index (κ1) is 13.2. The molecule has 3 atom stereocenters. The lowest BCUT2D eigenvalue weighted by Crippen LogP contribution is -2.42. The highest BCUT2D eigenvalue weighted by Gasteiger charge is 2.45. The van der Waals surface area contributed by atoms with Gasteiger partial charge in [0.05, 0.1) is 5.92 Å². The minimum absolute atomic E-state index is 0.0123. The van der Waals surface area contributed by atoms with Crippen LogP contribution < -0.4 is 10.6 Å². The predicted octanol–water partition coefficient (Wildman–Crippen LogP) is 1.58. The number of carboxylic acid groups (broad SMARTS) is 1. The lowest BCUT2D eigenvalue weighted by molar-refractivity contribution is -0.141. The van der Waals surface area contributed by atoms with Crippen molar-refractivity contribution < 1.29 is 14.7 Å². The minimum Gasteiger partial charge on any atom is -0.481 e. The first-order chi connectivity index (χ1) is 8.38. The zero-order valence-corrected chi connectivity index (χ0v) is 11.0. The maximum Gasteiger partial charge on any atom is 0.315 e. The molecule has 0 bridgehead atoms. The summed E-state index contributed by atoms with van der Waals surface area (Å²) >= 11 is 0. The summed E-state index contributed by atoms with van der Waals surface area (Å²) in [7, 11) is 0. The van der Waals surface area contributed by atoms with E-state index in [0.29, 0.717) is 30.7 Å². The second-order valence-electron chi connectivity index (χ2n) is 6.29. The number of carbonyl (C=O) groups excluding carboxylic acids is 1. The van der Waals surface area contributed by atoms with E-state index in [-0.39, 0.29) is 18.0 Å². The number of urea groups is 1. The van der Waals surface area contributed by atoms with Crippen LogP contribution in [0.3, 0.4) is 0 Å². The van der Waals surface area contributed by atoms with Gasteiger partial charge in [-0.3, -0.25) is 4.79 Å². The van der Waals surface area contributed by atoms with E-state index in [1.807, 2.05) is 0 Å². The van der Waals surface area contributed by atoms with E-state index in [1.165, 1.54) is 0 Å². The quantitative estimate of drug-likeness (QED) is 0.712. The highest BCUT2D eigenvalue weighted by Crippen LogP contribution is 2.50. The van der Waals surface area contributed by atoms with E-state index in [0.717, 1.165) is 12.8 Å². The molecule has 2 rings (SSSR count). The summed E-state index contributed by atoms with van der Waals surface area (Å²) in [5.74, 6) is -0.462. The van der Waals surface area contributed by atoms with Gasteiger partial charge in [-0.25, -0.2) is 4.79 Å². The van der Waals surface area contributed by atoms with Gasteiger partial charge in [0.2, 0.25) is 0 Å². The zero-order valence-electron chi connectivity index (χ0n) is 11.0. The lowest BCUT2D eigenvalue weighted by atomic mass is 10.1. The number of aliphatic carboxylic acids is 1. The third-order valence-electron chi connectivity index (χ3n) is 4.34. The number of carbonyl (C=O) groups is 2. The summed E-state index contributed by atoms with van der Waals surface area (Å²) in [6.07, 6.45) is 3.14. The summed E-state index contributed by atoms with van der Waals surface area (Å²) in [5.41, 5.74) is 0.370. The Morgan fingerprint density at radius 2 is 2.00 bits per heavy atom. The fourth-order valence-corrected chi connectivity index (χ4v) is 2.71. The standard InChI is InChI=1S/C13H22N2O3/c1-13(2)6-9(13)7-14-12(18)15-10-4-3-8(5-10)11(16)17/h8-10H,3-7H2,1-2H3,(H,16,17)(H2,14,15,18)/t8-,9?,10+/m1/s1. The van der Waals surface area contributed by atoms with Gasteiger partial charge in [-0.15, -0.1) is 0 Å². The Balaban J connectivity index is 1.65. The fraction of sp³-hybridized carbons (Fsp3) is 0.846. The molecule has 0 heterocycles. The number of rotatable bonds is 4. The van der Waals surface area contributed by atoms with Crippen molar-refractivity contribution in [3.8, 4) is 0 Å². The van der Waals surface area contributed by atoms with Crippen LogP contribution in [-0.2, 0) is 4.79 Å². The molecule has 0 saturated heterocycles. The van der Waals surface area contributed by atoms with E-state index >= 15 is 0 Å². The van der Waals surface area contributed by atoms with Crippen LogP contribution in [0.2, 0.25) is 0 Å². The highest BCUT2D eigenvalue weighted by atomic mass is 16.4. The second kappa shape index (κ2) is 4.78. The molecule has 2 amide bonds. The summed E-state index contributed by atoms with van der Waals surface area (Å²) in [6.45, 7) is 5.12. The maximum absolute atomic E-state index is 11.6. The first-order valence-corrected chi connectivity index (χ1v) is 6.65. The molecular formula is C13H22N2O3. The average molecular weight is 254 g/mol. The summed E-state index contributed by atoms with van der Waals surface area (Å²) in [6, 6.07) is -0.146.